The monoisotopic (exact) mass is 588 g/mol. The number of aldehydes is 1. The molecule has 0 heterocycles. The van der Waals surface area contributed by atoms with E-state index in [4.69, 9.17) is 32.8 Å². The maximum atomic E-state index is 13.4. The second kappa shape index (κ2) is 21.2. The van der Waals surface area contributed by atoms with Gasteiger partial charge in [0.15, 0.2) is 0 Å². The minimum Gasteiger partial charge on any atom is -0.480 e. The standard InChI is InChI=1S/C21H37N5O7.C5H11NO2/c1-4-6-11-33-21(32)26(16(12-27)13(3)5-2)20(31)15(8-10-18(24)29)25-19(30)14(22)7-9-17(23)28;1-3(2)4(6)5(7)8/h12-16H,4-11,22H2,1-3H3,(H2,23,28)(H2,24,29)(H,25,30);3-4H,6H2,1-2H3,(H,7,8)/t13-,14-,15-,16+;4-/m00/s1. The summed E-state index contributed by atoms with van der Waals surface area (Å²) in [6.07, 6.45) is 0.500. The number of primary amides is 2. The molecule has 0 unspecified atom stereocenters. The van der Waals surface area contributed by atoms with Gasteiger partial charge in [0, 0.05) is 12.8 Å². The number of amides is 5. The molecule has 0 bridgehead atoms. The molecule has 0 aliphatic carbocycles. The first-order valence-electron chi connectivity index (χ1n) is 13.6. The highest BCUT2D eigenvalue weighted by molar-refractivity contribution is 6.00. The second-order valence-electron chi connectivity index (χ2n) is 9.97. The molecule has 5 atom stereocenters. The zero-order chi connectivity index (χ0) is 32.3. The van der Waals surface area contributed by atoms with E-state index < -0.39 is 65.8 Å². The zero-order valence-electron chi connectivity index (χ0n) is 24.7. The fourth-order valence-corrected chi connectivity index (χ4v) is 3.13. The van der Waals surface area contributed by atoms with Gasteiger partial charge in [-0.15, -0.1) is 0 Å². The van der Waals surface area contributed by atoms with E-state index in [9.17, 15) is 33.6 Å². The van der Waals surface area contributed by atoms with Crippen LogP contribution in [0.25, 0.3) is 0 Å². The minimum atomic E-state index is -1.38. The highest BCUT2D eigenvalue weighted by Crippen LogP contribution is 2.18. The van der Waals surface area contributed by atoms with Crippen LogP contribution in [0.1, 0.15) is 79.6 Å². The number of nitrogens with two attached hydrogens (primary N) is 4. The SMILES string of the molecule is CC(C)[C@H](N)C(=O)O.CCCCOC(=O)N(C(=O)[C@H](CCC(N)=O)NC(=O)[C@@H](N)CCC(N)=O)[C@H](C=O)[C@@H](C)CC. The van der Waals surface area contributed by atoms with Gasteiger partial charge >= 0.3 is 12.1 Å². The van der Waals surface area contributed by atoms with Gasteiger partial charge in [-0.2, -0.15) is 0 Å². The van der Waals surface area contributed by atoms with Crippen molar-refractivity contribution in [1.29, 1.82) is 0 Å². The molecule has 0 saturated heterocycles. The molecule has 0 aromatic rings. The van der Waals surface area contributed by atoms with Crippen LogP contribution in [-0.2, 0) is 33.5 Å². The number of nitrogens with zero attached hydrogens (tertiary/aromatic N) is 1. The Kier molecular flexibility index (Phi) is 20.4. The van der Waals surface area contributed by atoms with Gasteiger partial charge in [0.2, 0.25) is 17.7 Å². The third-order valence-corrected chi connectivity index (χ3v) is 6.16. The number of carboxylic acid groups (broad SMARTS) is 1. The average Bonchev–Trinajstić information content (AvgIpc) is 2.91. The summed E-state index contributed by atoms with van der Waals surface area (Å²) in [5.41, 5.74) is 21.2. The molecule has 5 amide bonds. The predicted molar refractivity (Wildman–Crippen MR) is 150 cm³/mol. The maximum Gasteiger partial charge on any atom is 0.417 e. The molecule has 236 valence electrons. The molecule has 0 aromatic carbocycles. The molecule has 15 heteroatoms. The quantitative estimate of drug-likeness (QED) is 0.0898. The number of nitrogens with one attached hydrogen (secondary N) is 1. The number of aliphatic carboxylic acids is 1. The molecule has 0 aliphatic rings. The number of rotatable bonds is 18. The number of carbonyl (C=O) groups excluding carboxylic acids is 6. The Morgan fingerprint density at radius 1 is 0.951 bits per heavy atom. The molecule has 0 radical (unpaired) electrons. The fourth-order valence-electron chi connectivity index (χ4n) is 3.13. The van der Waals surface area contributed by atoms with Crippen LogP contribution in [0.5, 0.6) is 0 Å². The summed E-state index contributed by atoms with van der Waals surface area (Å²) < 4.78 is 5.16. The number of carboxylic acids is 1. The first kappa shape index (κ1) is 39.6. The van der Waals surface area contributed by atoms with Crippen LogP contribution in [0.4, 0.5) is 4.79 Å². The number of imide groups is 1. The van der Waals surface area contributed by atoms with E-state index >= 15 is 0 Å². The highest BCUT2D eigenvalue weighted by Gasteiger charge is 2.38. The van der Waals surface area contributed by atoms with Gasteiger partial charge < -0.3 is 42.9 Å². The molecular weight excluding hydrogens is 540 g/mol. The Labute approximate surface area is 241 Å². The van der Waals surface area contributed by atoms with Crippen LogP contribution in [0.15, 0.2) is 0 Å². The van der Waals surface area contributed by atoms with E-state index in [1.54, 1.807) is 27.7 Å². The smallest absolute Gasteiger partial charge is 0.417 e. The molecule has 0 spiro atoms. The van der Waals surface area contributed by atoms with Crippen LogP contribution < -0.4 is 28.3 Å². The van der Waals surface area contributed by atoms with Crippen LogP contribution >= 0.6 is 0 Å². The van der Waals surface area contributed by atoms with Gasteiger partial charge in [0.1, 0.15) is 24.4 Å². The van der Waals surface area contributed by atoms with E-state index in [0.29, 0.717) is 24.0 Å². The lowest BCUT2D eigenvalue weighted by atomic mass is 9.97. The third-order valence-electron chi connectivity index (χ3n) is 6.16. The highest BCUT2D eigenvalue weighted by atomic mass is 16.6. The van der Waals surface area contributed by atoms with Crippen LogP contribution in [0.2, 0.25) is 0 Å². The summed E-state index contributed by atoms with van der Waals surface area (Å²) in [6, 6.07) is -4.40. The second-order valence-corrected chi connectivity index (χ2v) is 9.97. The van der Waals surface area contributed by atoms with Gasteiger partial charge in [0.25, 0.3) is 5.91 Å². The average molecular weight is 589 g/mol. The van der Waals surface area contributed by atoms with Crippen LogP contribution in [0, 0.1) is 11.8 Å². The van der Waals surface area contributed by atoms with Crippen molar-refractivity contribution in [3.05, 3.63) is 0 Å². The van der Waals surface area contributed by atoms with Crippen molar-refractivity contribution in [2.45, 2.75) is 104 Å². The summed E-state index contributed by atoms with van der Waals surface area (Å²) >= 11 is 0. The van der Waals surface area contributed by atoms with Gasteiger partial charge in [-0.05, 0) is 31.1 Å². The normalized spacial score (nSPS) is 14.2. The summed E-state index contributed by atoms with van der Waals surface area (Å²) in [5, 5.41) is 10.6. The maximum absolute atomic E-state index is 13.4. The van der Waals surface area contributed by atoms with Gasteiger partial charge in [-0.3, -0.25) is 24.0 Å². The van der Waals surface area contributed by atoms with Crippen LogP contribution in [0.3, 0.4) is 0 Å². The van der Waals surface area contributed by atoms with E-state index in [-0.39, 0.29) is 38.2 Å². The Balaban J connectivity index is 0. The fraction of sp³-hybridized carbons (Fsp3) is 0.731. The Bertz CT molecular complexity index is 884. The van der Waals surface area contributed by atoms with E-state index in [1.165, 1.54) is 0 Å². The molecule has 41 heavy (non-hydrogen) atoms. The summed E-state index contributed by atoms with van der Waals surface area (Å²) in [4.78, 5) is 83.4. The molecule has 0 aliphatic heterocycles. The van der Waals surface area contributed by atoms with Gasteiger partial charge in [0.05, 0.1) is 12.6 Å². The first-order valence-corrected chi connectivity index (χ1v) is 13.6. The van der Waals surface area contributed by atoms with Crippen molar-refractivity contribution < 1.29 is 43.4 Å². The van der Waals surface area contributed by atoms with Crippen molar-refractivity contribution in [1.82, 2.24) is 10.2 Å². The summed E-state index contributed by atoms with van der Waals surface area (Å²) in [6.45, 7) is 8.96. The van der Waals surface area contributed by atoms with E-state index in [1.807, 2.05) is 6.92 Å². The number of hydrogen-bond acceptors (Lipinski definition) is 10. The first-order chi connectivity index (χ1) is 19.0. The Morgan fingerprint density at radius 3 is 1.88 bits per heavy atom. The lowest BCUT2D eigenvalue weighted by molar-refractivity contribution is -0.140. The minimum absolute atomic E-state index is 0.0208. The summed E-state index contributed by atoms with van der Waals surface area (Å²) in [7, 11) is 0. The largest absolute Gasteiger partial charge is 0.480 e. The molecule has 0 aromatic heterocycles. The van der Waals surface area contributed by atoms with Gasteiger partial charge in [-0.1, -0.05) is 47.5 Å². The number of unbranched alkanes of at least 4 members (excludes halogenated alkanes) is 1. The zero-order valence-corrected chi connectivity index (χ0v) is 24.7. The molecular formula is C26H48N6O9. The molecule has 10 N–H and O–H groups in total. The lowest BCUT2D eigenvalue weighted by Gasteiger charge is -2.32. The number of hydrogen-bond donors (Lipinski definition) is 6. The van der Waals surface area contributed by atoms with Crippen molar-refractivity contribution in [3.63, 3.8) is 0 Å². The Hall–Kier alpha value is -3.59. The summed E-state index contributed by atoms with van der Waals surface area (Å²) in [5.74, 6) is -4.40. The van der Waals surface area contributed by atoms with Crippen molar-refractivity contribution in [3.8, 4) is 0 Å². The number of carbonyl (C=O) groups is 7. The van der Waals surface area contributed by atoms with E-state index in [0.717, 1.165) is 6.42 Å². The number of ether oxygens (including phenoxy) is 1. The van der Waals surface area contributed by atoms with E-state index in [2.05, 4.69) is 5.32 Å². The molecule has 0 rings (SSSR count). The van der Waals surface area contributed by atoms with Gasteiger partial charge in [-0.25, -0.2) is 9.69 Å². The van der Waals surface area contributed by atoms with Crippen molar-refractivity contribution in [2.75, 3.05) is 6.61 Å². The van der Waals surface area contributed by atoms with Crippen molar-refractivity contribution >= 4 is 42.0 Å². The molecule has 0 fully saturated rings. The van der Waals surface area contributed by atoms with Crippen LogP contribution in [-0.4, -0.2) is 82.8 Å². The predicted octanol–water partition coefficient (Wildman–Crippen LogP) is -0.237. The Morgan fingerprint density at radius 2 is 1.49 bits per heavy atom. The van der Waals surface area contributed by atoms with Crippen molar-refractivity contribution in [2.24, 2.45) is 34.8 Å². The molecule has 15 nitrogen and oxygen atoms in total. The topological polar surface area (TPSA) is 268 Å². The third kappa shape index (κ3) is 16.3. The lowest BCUT2D eigenvalue weighted by Crippen LogP contribution is -2.58. The molecule has 0 saturated carbocycles.